The number of hydrogen-bond acceptors (Lipinski definition) is 3. The molecule has 0 aromatic rings. The normalized spacial score (nSPS) is 19.6. The van der Waals surface area contributed by atoms with Gasteiger partial charge in [0, 0.05) is 0 Å². The molecule has 0 bridgehead atoms. The molecule has 102 valence electrons. The second-order valence-corrected chi connectivity index (χ2v) is 5.02. The Kier molecular flexibility index (Phi) is 5.19. The van der Waals surface area contributed by atoms with E-state index in [-0.39, 0.29) is 6.61 Å². The molecular formula is C13H21NO4. The topological polar surface area (TPSA) is 75.6 Å². The van der Waals surface area contributed by atoms with Crippen molar-refractivity contribution in [3.05, 3.63) is 12.7 Å². The molecule has 0 aromatic carbocycles. The molecular weight excluding hydrogens is 234 g/mol. The van der Waals surface area contributed by atoms with Crippen molar-refractivity contribution in [2.45, 2.75) is 45.1 Å². The maximum absolute atomic E-state index is 11.5. The predicted octanol–water partition coefficient (Wildman–Crippen LogP) is 2.32. The van der Waals surface area contributed by atoms with Crippen molar-refractivity contribution < 1.29 is 19.4 Å². The molecule has 2 N–H and O–H groups in total. The smallest absolute Gasteiger partial charge is 0.408 e. The summed E-state index contributed by atoms with van der Waals surface area (Å²) in [4.78, 5) is 22.8. The molecule has 18 heavy (non-hydrogen) atoms. The molecule has 1 saturated carbocycles. The minimum Gasteiger partial charge on any atom is -0.480 e. The lowest BCUT2D eigenvalue weighted by Gasteiger charge is -2.38. The highest BCUT2D eigenvalue weighted by Crippen LogP contribution is 2.38. The minimum absolute atomic E-state index is 0.0783. The van der Waals surface area contributed by atoms with Crippen molar-refractivity contribution in [3.63, 3.8) is 0 Å². The first-order valence-corrected chi connectivity index (χ1v) is 6.26. The average molecular weight is 255 g/mol. The van der Waals surface area contributed by atoms with Gasteiger partial charge < -0.3 is 15.2 Å². The fourth-order valence-electron chi connectivity index (χ4n) is 2.48. The van der Waals surface area contributed by atoms with Gasteiger partial charge in [-0.05, 0) is 18.3 Å². The van der Waals surface area contributed by atoms with E-state index in [0.717, 1.165) is 32.1 Å². The summed E-state index contributed by atoms with van der Waals surface area (Å²) in [6, 6.07) is -0.893. The molecule has 5 nitrogen and oxygen atoms in total. The Balaban J connectivity index is 2.66. The van der Waals surface area contributed by atoms with Crippen LogP contribution < -0.4 is 5.32 Å². The molecule has 1 amide bonds. The number of nitrogens with one attached hydrogen (secondary N) is 1. The summed E-state index contributed by atoms with van der Waals surface area (Å²) in [5.41, 5.74) is -0.392. The molecule has 1 aliphatic rings. The zero-order chi connectivity index (χ0) is 13.6. The van der Waals surface area contributed by atoms with Crippen LogP contribution in [0.3, 0.4) is 0 Å². The zero-order valence-corrected chi connectivity index (χ0v) is 10.8. The molecule has 1 unspecified atom stereocenters. The summed E-state index contributed by atoms with van der Waals surface area (Å²) in [5, 5.41) is 11.7. The monoisotopic (exact) mass is 255 g/mol. The van der Waals surface area contributed by atoms with E-state index in [0.29, 0.717) is 0 Å². The van der Waals surface area contributed by atoms with Crippen LogP contribution in [0.2, 0.25) is 0 Å². The number of amides is 1. The number of carbonyl (C=O) groups excluding carboxylic acids is 1. The van der Waals surface area contributed by atoms with Crippen molar-refractivity contribution in [1.29, 1.82) is 0 Å². The number of carboxylic acid groups (broad SMARTS) is 1. The fraction of sp³-hybridized carbons (Fsp3) is 0.692. The first-order chi connectivity index (χ1) is 8.49. The minimum atomic E-state index is -1.00. The van der Waals surface area contributed by atoms with Crippen LogP contribution in [0, 0.1) is 5.41 Å². The summed E-state index contributed by atoms with van der Waals surface area (Å²) < 4.78 is 4.78. The number of carboxylic acids is 1. The maximum atomic E-state index is 11.5. The zero-order valence-electron chi connectivity index (χ0n) is 10.8. The average Bonchev–Trinajstić information content (AvgIpc) is 2.33. The largest absolute Gasteiger partial charge is 0.480 e. The van der Waals surface area contributed by atoms with E-state index in [2.05, 4.69) is 11.9 Å². The van der Waals surface area contributed by atoms with Crippen molar-refractivity contribution in [1.82, 2.24) is 5.32 Å². The summed E-state index contributed by atoms with van der Waals surface area (Å²) in [7, 11) is 0. The molecule has 1 rings (SSSR count). The van der Waals surface area contributed by atoms with Crippen LogP contribution in [0.5, 0.6) is 0 Å². The van der Waals surface area contributed by atoms with Gasteiger partial charge in [0.1, 0.15) is 12.6 Å². The lowest BCUT2D eigenvalue weighted by molar-refractivity contribution is -0.143. The van der Waals surface area contributed by atoms with Gasteiger partial charge >= 0.3 is 12.1 Å². The molecule has 1 atom stereocenters. The van der Waals surface area contributed by atoms with E-state index < -0.39 is 23.5 Å². The van der Waals surface area contributed by atoms with Gasteiger partial charge in [-0.25, -0.2) is 9.59 Å². The summed E-state index contributed by atoms with van der Waals surface area (Å²) in [5.74, 6) is -1.00. The van der Waals surface area contributed by atoms with Gasteiger partial charge in [0.05, 0.1) is 0 Å². The van der Waals surface area contributed by atoms with E-state index in [9.17, 15) is 14.7 Å². The highest BCUT2D eigenvalue weighted by molar-refractivity contribution is 5.80. The molecule has 0 saturated heterocycles. The third kappa shape index (κ3) is 3.75. The molecule has 1 aliphatic carbocycles. The van der Waals surface area contributed by atoms with E-state index in [1.807, 2.05) is 6.92 Å². The molecule has 0 radical (unpaired) electrons. The maximum Gasteiger partial charge on any atom is 0.408 e. The summed E-state index contributed by atoms with van der Waals surface area (Å²) >= 11 is 0. The van der Waals surface area contributed by atoms with Crippen molar-refractivity contribution in [2.75, 3.05) is 6.61 Å². The van der Waals surface area contributed by atoms with Crippen molar-refractivity contribution in [2.24, 2.45) is 5.41 Å². The summed E-state index contributed by atoms with van der Waals surface area (Å²) in [6.07, 6.45) is 5.50. The second kappa shape index (κ2) is 6.42. The number of hydrogen-bond donors (Lipinski definition) is 2. The van der Waals surface area contributed by atoms with E-state index in [1.165, 1.54) is 6.08 Å². The van der Waals surface area contributed by atoms with Gasteiger partial charge in [-0.15, -0.1) is 0 Å². The van der Waals surface area contributed by atoms with Crippen LogP contribution in [0.25, 0.3) is 0 Å². The Morgan fingerprint density at radius 3 is 2.56 bits per heavy atom. The number of ether oxygens (including phenoxy) is 1. The van der Waals surface area contributed by atoms with Gasteiger partial charge in [0.15, 0.2) is 0 Å². The van der Waals surface area contributed by atoms with Gasteiger partial charge in [-0.3, -0.25) is 0 Å². The van der Waals surface area contributed by atoms with Crippen LogP contribution in [-0.4, -0.2) is 29.8 Å². The van der Waals surface area contributed by atoms with Gasteiger partial charge in [-0.1, -0.05) is 38.8 Å². The lowest BCUT2D eigenvalue weighted by atomic mass is 9.70. The Bertz CT molecular complexity index is 321. The van der Waals surface area contributed by atoms with Crippen LogP contribution >= 0.6 is 0 Å². The number of alkyl carbamates (subject to hydrolysis) is 1. The number of carbonyl (C=O) groups is 2. The van der Waals surface area contributed by atoms with Gasteiger partial charge in [0.25, 0.3) is 0 Å². The lowest BCUT2D eigenvalue weighted by Crippen LogP contribution is -2.52. The predicted molar refractivity (Wildman–Crippen MR) is 67.3 cm³/mol. The van der Waals surface area contributed by atoms with Crippen LogP contribution in [0.15, 0.2) is 12.7 Å². The fourth-order valence-corrected chi connectivity index (χ4v) is 2.48. The SMILES string of the molecule is C=CCOC(=O)NC(C(=O)O)C1(C)CCCCC1. The third-order valence-electron chi connectivity index (χ3n) is 3.53. The van der Waals surface area contributed by atoms with E-state index in [4.69, 9.17) is 4.74 Å². The molecule has 0 aliphatic heterocycles. The molecule has 0 spiro atoms. The second-order valence-electron chi connectivity index (χ2n) is 5.02. The number of rotatable bonds is 5. The van der Waals surface area contributed by atoms with Crippen LogP contribution in [0.4, 0.5) is 4.79 Å². The van der Waals surface area contributed by atoms with Gasteiger partial charge in [-0.2, -0.15) is 0 Å². The van der Waals surface area contributed by atoms with Crippen molar-refractivity contribution in [3.8, 4) is 0 Å². The first kappa shape index (κ1) is 14.5. The molecule has 0 aromatic heterocycles. The van der Waals surface area contributed by atoms with Crippen LogP contribution in [-0.2, 0) is 9.53 Å². The first-order valence-electron chi connectivity index (χ1n) is 6.26. The van der Waals surface area contributed by atoms with Crippen LogP contribution in [0.1, 0.15) is 39.0 Å². The molecule has 0 heterocycles. The highest BCUT2D eigenvalue weighted by Gasteiger charge is 2.41. The van der Waals surface area contributed by atoms with E-state index >= 15 is 0 Å². The quantitative estimate of drug-likeness (QED) is 0.739. The van der Waals surface area contributed by atoms with Crippen molar-refractivity contribution >= 4 is 12.1 Å². The highest BCUT2D eigenvalue weighted by atomic mass is 16.5. The number of aliphatic carboxylic acids is 1. The van der Waals surface area contributed by atoms with E-state index in [1.54, 1.807) is 0 Å². The standard InChI is InChI=1S/C13H21NO4/c1-3-9-18-12(17)14-10(11(15)16)13(2)7-5-4-6-8-13/h3,10H,1,4-9H2,2H3,(H,14,17)(H,15,16). The van der Waals surface area contributed by atoms with Gasteiger partial charge in [0.2, 0.25) is 0 Å². The molecule has 1 fully saturated rings. The Morgan fingerprint density at radius 1 is 1.44 bits per heavy atom. The third-order valence-corrected chi connectivity index (χ3v) is 3.53. The molecule has 5 heteroatoms. The Labute approximate surface area is 107 Å². The Hall–Kier alpha value is -1.52. The summed E-state index contributed by atoms with van der Waals surface area (Å²) in [6.45, 7) is 5.42. The Morgan fingerprint density at radius 2 is 2.06 bits per heavy atom.